The van der Waals surface area contributed by atoms with Gasteiger partial charge in [0.25, 0.3) is 0 Å². The summed E-state index contributed by atoms with van der Waals surface area (Å²) < 4.78 is 4.81. The van der Waals surface area contributed by atoms with Gasteiger partial charge in [0.05, 0.1) is 22.1 Å². The van der Waals surface area contributed by atoms with E-state index in [9.17, 15) is 0 Å². The summed E-state index contributed by atoms with van der Waals surface area (Å²) in [5.74, 6) is 0. The maximum absolute atomic E-state index is 2.41. The first kappa shape index (κ1) is 40.1. The van der Waals surface area contributed by atoms with Crippen molar-refractivity contribution >= 4 is 60.7 Å². The van der Waals surface area contributed by atoms with Crippen LogP contribution >= 0.6 is 0 Å². The van der Waals surface area contributed by atoms with Gasteiger partial charge in [0.1, 0.15) is 0 Å². The number of nitrogens with zero attached hydrogens (tertiary/aromatic N) is 3. The zero-order valence-corrected chi connectivity index (χ0v) is 37.8. The average molecular weight is 880 g/mol. The number of anilines is 3. The van der Waals surface area contributed by atoms with Crippen LogP contribution in [0.5, 0.6) is 0 Å². The van der Waals surface area contributed by atoms with E-state index in [-0.39, 0.29) is 0 Å². The van der Waals surface area contributed by atoms with Gasteiger partial charge in [0.2, 0.25) is 0 Å². The van der Waals surface area contributed by atoms with Crippen molar-refractivity contribution < 1.29 is 0 Å². The lowest BCUT2D eigenvalue weighted by Gasteiger charge is -2.26. The summed E-state index contributed by atoms with van der Waals surface area (Å²) >= 11 is 0. The number of hydrogen-bond donors (Lipinski definition) is 0. The van der Waals surface area contributed by atoms with E-state index in [1.807, 2.05) is 0 Å². The minimum atomic E-state index is 1.09. The van der Waals surface area contributed by atoms with Crippen molar-refractivity contribution in [2.45, 2.75) is 0 Å². The molecular formula is C66H45N3. The third-order valence-electron chi connectivity index (χ3n) is 13.7. The highest BCUT2D eigenvalue weighted by molar-refractivity contribution is 6.12. The van der Waals surface area contributed by atoms with E-state index < -0.39 is 0 Å². The Kier molecular flexibility index (Phi) is 9.84. The van der Waals surface area contributed by atoms with Crippen LogP contribution < -0.4 is 4.90 Å². The fourth-order valence-electron chi connectivity index (χ4n) is 10.4. The largest absolute Gasteiger partial charge is 0.311 e. The molecule has 0 spiro atoms. The predicted octanol–water partition coefficient (Wildman–Crippen LogP) is 18.0. The molecule has 0 radical (unpaired) electrons. The third-order valence-corrected chi connectivity index (χ3v) is 13.7. The predicted molar refractivity (Wildman–Crippen MR) is 292 cm³/mol. The molecule has 324 valence electrons. The first-order valence-electron chi connectivity index (χ1n) is 23.7. The van der Waals surface area contributed by atoms with Gasteiger partial charge in [0, 0.05) is 50.0 Å². The van der Waals surface area contributed by atoms with Gasteiger partial charge in [-0.25, -0.2) is 0 Å². The highest BCUT2D eigenvalue weighted by atomic mass is 15.1. The molecule has 2 heterocycles. The Labute approximate surface area is 401 Å². The second-order valence-corrected chi connectivity index (χ2v) is 17.8. The van der Waals surface area contributed by atoms with Crippen LogP contribution in [0.1, 0.15) is 0 Å². The summed E-state index contributed by atoms with van der Waals surface area (Å²) in [5.41, 5.74) is 19.9. The molecule has 2 aromatic heterocycles. The van der Waals surface area contributed by atoms with E-state index in [1.165, 1.54) is 88.1 Å². The molecule has 0 saturated heterocycles. The second-order valence-electron chi connectivity index (χ2n) is 17.8. The van der Waals surface area contributed by atoms with E-state index in [0.717, 1.165) is 28.4 Å². The lowest BCUT2D eigenvalue weighted by Crippen LogP contribution is -2.10. The molecule has 11 aromatic carbocycles. The molecule has 0 amide bonds. The van der Waals surface area contributed by atoms with Crippen LogP contribution in [-0.4, -0.2) is 9.13 Å². The van der Waals surface area contributed by atoms with Crippen LogP contribution in [0.4, 0.5) is 17.1 Å². The number of hydrogen-bond acceptors (Lipinski definition) is 1. The van der Waals surface area contributed by atoms with Crippen molar-refractivity contribution in [3.8, 4) is 55.9 Å². The Hall–Kier alpha value is -9.18. The molecule has 13 aromatic rings. The van der Waals surface area contributed by atoms with Crippen LogP contribution in [-0.2, 0) is 0 Å². The third kappa shape index (κ3) is 7.16. The quantitative estimate of drug-likeness (QED) is 0.141. The van der Waals surface area contributed by atoms with Gasteiger partial charge in [-0.05, 0) is 142 Å². The van der Waals surface area contributed by atoms with Crippen LogP contribution in [0, 0.1) is 0 Å². The zero-order valence-electron chi connectivity index (χ0n) is 37.8. The molecule has 0 aliphatic rings. The van der Waals surface area contributed by atoms with E-state index in [4.69, 9.17) is 0 Å². The summed E-state index contributed by atoms with van der Waals surface area (Å²) in [7, 11) is 0. The van der Waals surface area contributed by atoms with Crippen LogP contribution in [0.2, 0.25) is 0 Å². The van der Waals surface area contributed by atoms with Crippen LogP contribution in [0.25, 0.3) is 99.5 Å². The maximum atomic E-state index is 2.41. The van der Waals surface area contributed by atoms with Crippen molar-refractivity contribution in [2.24, 2.45) is 0 Å². The van der Waals surface area contributed by atoms with Gasteiger partial charge in [-0.3, -0.25) is 0 Å². The van der Waals surface area contributed by atoms with Gasteiger partial charge in [-0.1, -0.05) is 176 Å². The van der Waals surface area contributed by atoms with Crippen molar-refractivity contribution in [1.82, 2.24) is 9.13 Å². The number of aromatic nitrogens is 2. The van der Waals surface area contributed by atoms with Gasteiger partial charge < -0.3 is 14.0 Å². The van der Waals surface area contributed by atoms with Gasteiger partial charge in [-0.15, -0.1) is 0 Å². The van der Waals surface area contributed by atoms with E-state index in [2.05, 4.69) is 287 Å². The van der Waals surface area contributed by atoms with E-state index in [1.54, 1.807) is 0 Å². The Morgan fingerprint density at radius 2 is 0.478 bits per heavy atom. The molecule has 13 rings (SSSR count). The molecule has 0 fully saturated rings. The van der Waals surface area contributed by atoms with Gasteiger partial charge in [0.15, 0.2) is 0 Å². The van der Waals surface area contributed by atoms with Crippen molar-refractivity contribution in [3.63, 3.8) is 0 Å². The normalized spacial score (nSPS) is 11.5. The molecular weight excluding hydrogens is 835 g/mol. The monoisotopic (exact) mass is 879 g/mol. The number of fused-ring (bicyclic) bond motifs is 6. The average Bonchev–Trinajstić information content (AvgIpc) is 3.94. The standard InChI is InChI=1S/C66H45N3/c1-4-14-46(15-5-1)49-24-32-54(33-25-49)67(55-34-26-50(27-35-55)47-16-6-2-7-17-47)56-38-40-58(41-39-56)69-64-23-13-11-21-60(64)62-45-53(31-43-66(62)69)52-30-42-65-61(44-52)59-20-10-12-22-63(59)68(65)57-36-28-51(29-37-57)48-18-8-3-9-19-48/h1-45H. The molecule has 0 N–H and O–H groups in total. The Bertz CT molecular complexity index is 3860. The Morgan fingerprint density at radius 3 is 0.870 bits per heavy atom. The summed E-state index contributed by atoms with van der Waals surface area (Å²) in [6.45, 7) is 0. The van der Waals surface area contributed by atoms with Crippen molar-refractivity contribution in [1.29, 1.82) is 0 Å². The lowest BCUT2D eigenvalue weighted by atomic mass is 10.0. The highest BCUT2D eigenvalue weighted by Crippen LogP contribution is 2.41. The number of benzene rings is 11. The maximum Gasteiger partial charge on any atom is 0.0541 e. The topological polar surface area (TPSA) is 13.1 Å². The number of rotatable bonds is 9. The Morgan fingerprint density at radius 1 is 0.203 bits per heavy atom. The first-order valence-corrected chi connectivity index (χ1v) is 23.7. The first-order chi connectivity index (χ1) is 34.2. The minimum Gasteiger partial charge on any atom is -0.311 e. The molecule has 0 saturated carbocycles. The fraction of sp³-hybridized carbons (Fsp3) is 0. The molecule has 0 atom stereocenters. The molecule has 69 heavy (non-hydrogen) atoms. The summed E-state index contributed by atoms with van der Waals surface area (Å²) in [5, 5.41) is 4.95. The van der Waals surface area contributed by atoms with Crippen LogP contribution in [0.15, 0.2) is 273 Å². The van der Waals surface area contributed by atoms with Crippen LogP contribution in [0.3, 0.4) is 0 Å². The lowest BCUT2D eigenvalue weighted by molar-refractivity contribution is 1.17. The highest BCUT2D eigenvalue weighted by Gasteiger charge is 2.18. The molecule has 0 aliphatic heterocycles. The minimum absolute atomic E-state index is 1.09. The molecule has 0 bridgehead atoms. The summed E-state index contributed by atoms with van der Waals surface area (Å²) in [4.78, 5) is 2.35. The van der Waals surface area contributed by atoms with E-state index >= 15 is 0 Å². The van der Waals surface area contributed by atoms with E-state index in [0.29, 0.717) is 0 Å². The second kappa shape index (κ2) is 16.9. The zero-order chi connectivity index (χ0) is 45.7. The SMILES string of the molecule is c1ccc(-c2ccc(N(c3ccc(-c4ccccc4)cc3)c3ccc(-n4c5ccccc5c5cc(-c6ccc7c(c6)c6ccccc6n7-c6ccc(-c7ccccc7)cc6)ccc54)cc3)cc2)cc1. The fourth-order valence-corrected chi connectivity index (χ4v) is 10.4. The summed E-state index contributed by atoms with van der Waals surface area (Å²) in [6.07, 6.45) is 0. The van der Waals surface area contributed by atoms with Crippen molar-refractivity contribution in [3.05, 3.63) is 273 Å². The van der Waals surface area contributed by atoms with Gasteiger partial charge >= 0.3 is 0 Å². The molecule has 3 heteroatoms. The van der Waals surface area contributed by atoms with Crippen molar-refractivity contribution in [2.75, 3.05) is 4.90 Å². The smallest absolute Gasteiger partial charge is 0.0541 e. The molecule has 3 nitrogen and oxygen atoms in total. The molecule has 0 aliphatic carbocycles. The Balaban J connectivity index is 0.868. The van der Waals surface area contributed by atoms with Gasteiger partial charge in [-0.2, -0.15) is 0 Å². The summed E-state index contributed by atoms with van der Waals surface area (Å²) in [6, 6.07) is 99.0. The molecule has 0 unspecified atom stereocenters. The number of para-hydroxylation sites is 2.